The Bertz CT molecular complexity index is 534. The molecule has 1 aliphatic rings. The maximum atomic E-state index is 10.7. The van der Waals surface area contributed by atoms with Crippen molar-refractivity contribution < 1.29 is 19.6 Å². The van der Waals surface area contributed by atoms with E-state index < -0.39 is 17.0 Å². The van der Waals surface area contributed by atoms with E-state index in [-0.39, 0.29) is 11.8 Å². The molecule has 0 bridgehead atoms. The Kier molecular flexibility index (Phi) is 4.14. The number of nitro groups is 1. The van der Waals surface area contributed by atoms with Crippen molar-refractivity contribution in [3.8, 4) is 0 Å². The highest BCUT2D eigenvalue weighted by Crippen LogP contribution is 2.21. The first kappa shape index (κ1) is 14.2. The Morgan fingerprint density at radius 2 is 2.35 bits per heavy atom. The molecule has 0 amide bonds. The van der Waals surface area contributed by atoms with Crippen molar-refractivity contribution in [3.05, 3.63) is 27.9 Å². The number of carboxylic acids is 1. The van der Waals surface area contributed by atoms with E-state index in [9.17, 15) is 14.9 Å². The normalized spacial score (nSPS) is 21.6. The summed E-state index contributed by atoms with van der Waals surface area (Å²) in [5, 5.41) is 22.5. The van der Waals surface area contributed by atoms with Crippen molar-refractivity contribution in [1.82, 2.24) is 4.98 Å². The van der Waals surface area contributed by atoms with Gasteiger partial charge in [-0.25, -0.2) is 9.78 Å². The Hall–Kier alpha value is -2.22. The second kappa shape index (κ2) is 5.83. The molecule has 2 unspecified atom stereocenters. The second-order valence-corrected chi connectivity index (χ2v) is 4.60. The Morgan fingerprint density at radius 1 is 1.60 bits per heavy atom. The smallest absolute Gasteiger partial charge is 0.332 e. The fourth-order valence-corrected chi connectivity index (χ4v) is 2.10. The minimum Gasteiger partial charge on any atom is -0.479 e. The average molecular weight is 281 g/mol. The van der Waals surface area contributed by atoms with Gasteiger partial charge in [0, 0.05) is 12.6 Å². The van der Waals surface area contributed by atoms with Gasteiger partial charge in [-0.2, -0.15) is 0 Å². The number of ether oxygens (including phenoxy) is 1. The van der Waals surface area contributed by atoms with E-state index >= 15 is 0 Å². The topological polar surface area (TPSA) is 115 Å². The van der Waals surface area contributed by atoms with Gasteiger partial charge in [-0.1, -0.05) is 0 Å². The molecular formula is C12H15N3O5. The Labute approximate surface area is 114 Å². The quantitative estimate of drug-likeness (QED) is 0.618. The maximum Gasteiger partial charge on any atom is 0.332 e. The molecule has 2 N–H and O–H groups in total. The highest BCUT2D eigenvalue weighted by Gasteiger charge is 2.30. The van der Waals surface area contributed by atoms with Crippen LogP contribution in [0.15, 0.2) is 12.1 Å². The van der Waals surface area contributed by atoms with Crippen molar-refractivity contribution in [2.45, 2.75) is 32.0 Å². The van der Waals surface area contributed by atoms with Crippen molar-refractivity contribution >= 4 is 17.5 Å². The molecule has 0 aromatic carbocycles. The van der Waals surface area contributed by atoms with Gasteiger partial charge in [0.15, 0.2) is 6.10 Å². The lowest BCUT2D eigenvalue weighted by Gasteiger charge is -2.12. The fraction of sp³-hybridized carbons (Fsp3) is 0.500. The lowest BCUT2D eigenvalue weighted by Crippen LogP contribution is -2.24. The molecule has 0 radical (unpaired) electrons. The minimum atomic E-state index is -0.947. The summed E-state index contributed by atoms with van der Waals surface area (Å²) >= 11 is 0. The van der Waals surface area contributed by atoms with Crippen LogP contribution in [-0.4, -0.2) is 39.7 Å². The van der Waals surface area contributed by atoms with Gasteiger partial charge < -0.3 is 15.2 Å². The summed E-state index contributed by atoms with van der Waals surface area (Å²) in [6.45, 7) is 1.99. The maximum absolute atomic E-state index is 10.7. The number of hydrogen-bond donors (Lipinski definition) is 2. The molecule has 1 fully saturated rings. The van der Waals surface area contributed by atoms with E-state index in [1.807, 2.05) is 0 Å². The van der Waals surface area contributed by atoms with Crippen molar-refractivity contribution in [2.24, 2.45) is 0 Å². The van der Waals surface area contributed by atoms with Gasteiger partial charge in [0.1, 0.15) is 11.5 Å². The second-order valence-electron chi connectivity index (χ2n) is 4.60. The summed E-state index contributed by atoms with van der Waals surface area (Å²) in [7, 11) is 0. The first-order chi connectivity index (χ1) is 9.47. The molecule has 8 heteroatoms. The highest BCUT2D eigenvalue weighted by atomic mass is 16.6. The summed E-state index contributed by atoms with van der Waals surface area (Å²) in [6.07, 6.45) is 0.228. The number of nitrogens with zero attached hydrogens (tertiary/aromatic N) is 2. The molecule has 0 saturated carbocycles. The summed E-state index contributed by atoms with van der Waals surface area (Å²) in [6, 6.07) is 2.91. The summed E-state index contributed by atoms with van der Waals surface area (Å²) in [5.41, 5.74) is 0.300. The Morgan fingerprint density at radius 3 is 2.90 bits per heavy atom. The van der Waals surface area contributed by atoms with Gasteiger partial charge in [-0.05, 0) is 25.8 Å². The molecule has 20 heavy (non-hydrogen) atoms. The van der Waals surface area contributed by atoms with Crippen LogP contribution in [0.5, 0.6) is 0 Å². The van der Waals surface area contributed by atoms with E-state index in [1.54, 1.807) is 6.92 Å². The molecule has 0 spiro atoms. The van der Waals surface area contributed by atoms with Gasteiger partial charge in [-0.15, -0.1) is 0 Å². The third-order valence-electron chi connectivity index (χ3n) is 3.15. The van der Waals surface area contributed by atoms with E-state index in [2.05, 4.69) is 10.3 Å². The fourth-order valence-electron chi connectivity index (χ4n) is 2.10. The number of aromatic nitrogens is 1. The zero-order chi connectivity index (χ0) is 14.7. The third-order valence-corrected chi connectivity index (χ3v) is 3.15. The van der Waals surface area contributed by atoms with Gasteiger partial charge in [-0.3, -0.25) is 10.1 Å². The van der Waals surface area contributed by atoms with E-state index in [0.29, 0.717) is 30.9 Å². The first-order valence-electron chi connectivity index (χ1n) is 6.21. The molecule has 0 aliphatic carbocycles. The summed E-state index contributed by atoms with van der Waals surface area (Å²) in [5.74, 6) is -0.438. The van der Waals surface area contributed by atoms with Crippen LogP contribution in [0.4, 0.5) is 11.5 Å². The molecular weight excluding hydrogens is 266 g/mol. The molecule has 2 atom stereocenters. The van der Waals surface area contributed by atoms with Crippen LogP contribution in [0.1, 0.15) is 18.5 Å². The van der Waals surface area contributed by atoms with Crippen LogP contribution in [0, 0.1) is 17.0 Å². The van der Waals surface area contributed by atoms with Gasteiger partial charge >= 0.3 is 5.97 Å². The largest absolute Gasteiger partial charge is 0.479 e. The van der Waals surface area contributed by atoms with E-state index in [4.69, 9.17) is 9.84 Å². The number of hydrogen-bond acceptors (Lipinski definition) is 6. The zero-order valence-electron chi connectivity index (χ0n) is 10.9. The first-order valence-corrected chi connectivity index (χ1v) is 6.21. The summed E-state index contributed by atoms with van der Waals surface area (Å²) in [4.78, 5) is 25.0. The van der Waals surface area contributed by atoms with Crippen LogP contribution >= 0.6 is 0 Å². The SMILES string of the molecule is Cc1nc(NCC2CCC(C(=O)O)O2)ccc1[N+](=O)[O-]. The summed E-state index contributed by atoms with van der Waals surface area (Å²) < 4.78 is 5.34. The average Bonchev–Trinajstić information content (AvgIpc) is 2.85. The third kappa shape index (κ3) is 3.21. The van der Waals surface area contributed by atoms with Crippen LogP contribution in [0.3, 0.4) is 0 Å². The van der Waals surface area contributed by atoms with Crippen LogP contribution in [0.25, 0.3) is 0 Å². The van der Waals surface area contributed by atoms with Gasteiger partial charge in [0.2, 0.25) is 0 Å². The number of pyridine rings is 1. The van der Waals surface area contributed by atoms with Crippen molar-refractivity contribution in [1.29, 1.82) is 0 Å². The van der Waals surface area contributed by atoms with Crippen LogP contribution in [0.2, 0.25) is 0 Å². The number of aliphatic carboxylic acids is 1. The molecule has 1 aromatic rings. The van der Waals surface area contributed by atoms with Crippen LogP contribution < -0.4 is 5.32 Å². The number of aryl methyl sites for hydroxylation is 1. The minimum absolute atomic E-state index is 0.0291. The van der Waals surface area contributed by atoms with Gasteiger partial charge in [0.05, 0.1) is 11.0 Å². The van der Waals surface area contributed by atoms with E-state index in [0.717, 1.165) is 0 Å². The molecule has 2 rings (SSSR count). The molecule has 8 nitrogen and oxygen atoms in total. The Balaban J connectivity index is 1.90. The predicted octanol–water partition coefficient (Wildman–Crippen LogP) is 1.34. The van der Waals surface area contributed by atoms with E-state index in [1.165, 1.54) is 12.1 Å². The van der Waals surface area contributed by atoms with Crippen LogP contribution in [-0.2, 0) is 9.53 Å². The zero-order valence-corrected chi connectivity index (χ0v) is 10.9. The number of carbonyl (C=O) groups is 1. The lowest BCUT2D eigenvalue weighted by atomic mass is 10.2. The molecule has 1 aliphatic heterocycles. The monoisotopic (exact) mass is 281 g/mol. The lowest BCUT2D eigenvalue weighted by molar-refractivity contribution is -0.385. The number of carboxylic acid groups (broad SMARTS) is 1. The predicted molar refractivity (Wildman–Crippen MR) is 69.6 cm³/mol. The van der Waals surface area contributed by atoms with Gasteiger partial charge in [0.25, 0.3) is 5.69 Å². The molecule has 2 heterocycles. The molecule has 1 saturated heterocycles. The van der Waals surface area contributed by atoms with Crippen molar-refractivity contribution in [2.75, 3.05) is 11.9 Å². The van der Waals surface area contributed by atoms with Crippen molar-refractivity contribution in [3.63, 3.8) is 0 Å². The molecule has 108 valence electrons. The number of rotatable bonds is 5. The standard InChI is InChI=1S/C12H15N3O5/c1-7-9(15(18)19)3-5-11(14-7)13-6-8-2-4-10(20-8)12(16)17/h3,5,8,10H,2,4,6H2,1H3,(H,13,14)(H,16,17). The molecule has 1 aromatic heterocycles. The highest BCUT2D eigenvalue weighted by molar-refractivity contribution is 5.72. The number of anilines is 1. The number of nitrogens with one attached hydrogen (secondary N) is 1.